The van der Waals surface area contributed by atoms with Crippen LogP contribution in [0.4, 0.5) is 0 Å². The second-order valence-electron chi connectivity index (χ2n) is 3.43. The fourth-order valence-electron chi connectivity index (χ4n) is 1.66. The van der Waals surface area contributed by atoms with Crippen LogP contribution in [0.2, 0.25) is 0 Å². The van der Waals surface area contributed by atoms with Gasteiger partial charge in [-0.3, -0.25) is 15.1 Å². The molecule has 2 rings (SSSR count). The Kier molecular flexibility index (Phi) is 2.33. The van der Waals surface area contributed by atoms with E-state index in [4.69, 9.17) is 0 Å². The number of nitro groups is 1. The number of fused-ring (bicyclic) bond motifs is 1. The second kappa shape index (κ2) is 3.65. The summed E-state index contributed by atoms with van der Waals surface area (Å²) in [5, 5.41) is 11.4. The number of hydrogen-bond acceptors (Lipinski definition) is 3. The summed E-state index contributed by atoms with van der Waals surface area (Å²) in [6, 6.07) is 9.24. The van der Waals surface area contributed by atoms with Gasteiger partial charge in [-0.25, -0.2) is 0 Å². The zero-order valence-corrected chi connectivity index (χ0v) is 8.30. The maximum atomic E-state index is 10.5. The van der Waals surface area contributed by atoms with Crippen molar-refractivity contribution in [1.29, 1.82) is 0 Å². The first-order valence-electron chi connectivity index (χ1n) is 4.64. The first-order valence-corrected chi connectivity index (χ1v) is 4.64. The Labute approximate surface area is 86.7 Å². The Morgan fingerprint density at radius 1 is 1.40 bits per heavy atom. The first kappa shape index (κ1) is 9.58. The van der Waals surface area contributed by atoms with Crippen molar-refractivity contribution in [2.45, 2.75) is 13.5 Å². The van der Waals surface area contributed by atoms with Crippen LogP contribution < -0.4 is 0 Å². The normalized spacial score (nSPS) is 10.5. The van der Waals surface area contributed by atoms with Crippen molar-refractivity contribution in [3.05, 3.63) is 51.7 Å². The van der Waals surface area contributed by atoms with Crippen molar-refractivity contribution in [2.24, 2.45) is 0 Å². The van der Waals surface area contributed by atoms with Gasteiger partial charge in [-0.1, -0.05) is 18.2 Å². The van der Waals surface area contributed by atoms with E-state index in [9.17, 15) is 10.1 Å². The molecular weight excluding hydrogens is 192 g/mol. The fourth-order valence-corrected chi connectivity index (χ4v) is 1.66. The number of pyridine rings is 1. The summed E-state index contributed by atoms with van der Waals surface area (Å²) in [7, 11) is 0. The third kappa shape index (κ3) is 1.93. The average Bonchev–Trinajstić information content (AvgIpc) is 2.16. The topological polar surface area (TPSA) is 56.0 Å². The molecule has 0 saturated heterocycles. The van der Waals surface area contributed by atoms with Crippen molar-refractivity contribution in [2.75, 3.05) is 0 Å². The molecule has 0 bridgehead atoms. The van der Waals surface area contributed by atoms with Crippen molar-refractivity contribution < 1.29 is 4.92 Å². The van der Waals surface area contributed by atoms with Crippen LogP contribution in [0.3, 0.4) is 0 Å². The molecule has 0 aliphatic rings. The molecule has 0 radical (unpaired) electrons. The first-order chi connectivity index (χ1) is 7.16. The van der Waals surface area contributed by atoms with Crippen molar-refractivity contribution in [3.63, 3.8) is 0 Å². The number of hydrogen-bond donors (Lipinski definition) is 0. The molecule has 1 heterocycles. The molecule has 1 aromatic carbocycles. The van der Waals surface area contributed by atoms with Gasteiger partial charge >= 0.3 is 0 Å². The van der Waals surface area contributed by atoms with E-state index in [0.29, 0.717) is 0 Å². The molecule has 0 amide bonds. The molecule has 0 aliphatic carbocycles. The number of rotatable bonds is 2. The number of aryl methyl sites for hydroxylation is 1. The number of nitrogens with zero attached hydrogens (tertiary/aromatic N) is 2. The van der Waals surface area contributed by atoms with Crippen molar-refractivity contribution in [3.8, 4) is 0 Å². The largest absolute Gasteiger partial charge is 0.264 e. The number of aromatic nitrogens is 1. The molecule has 76 valence electrons. The molecule has 4 nitrogen and oxygen atoms in total. The van der Waals surface area contributed by atoms with Gasteiger partial charge in [0, 0.05) is 21.6 Å². The van der Waals surface area contributed by atoms with Crippen LogP contribution in [0, 0.1) is 17.0 Å². The van der Waals surface area contributed by atoms with E-state index in [0.717, 1.165) is 22.2 Å². The highest BCUT2D eigenvalue weighted by atomic mass is 16.6. The molecule has 0 atom stereocenters. The van der Waals surface area contributed by atoms with Gasteiger partial charge < -0.3 is 0 Å². The Morgan fingerprint density at radius 2 is 2.13 bits per heavy atom. The second-order valence-corrected chi connectivity index (χ2v) is 3.43. The number of benzene rings is 1. The highest BCUT2D eigenvalue weighted by molar-refractivity contribution is 5.82. The minimum atomic E-state index is -0.318. The Morgan fingerprint density at radius 3 is 2.87 bits per heavy atom. The summed E-state index contributed by atoms with van der Waals surface area (Å²) in [6.45, 7) is 1.69. The molecule has 0 spiro atoms. The van der Waals surface area contributed by atoms with Gasteiger partial charge in [0.25, 0.3) is 0 Å². The lowest BCUT2D eigenvalue weighted by Gasteiger charge is -2.03. The summed E-state index contributed by atoms with van der Waals surface area (Å²) < 4.78 is 0. The minimum Gasteiger partial charge on any atom is -0.264 e. The lowest BCUT2D eigenvalue weighted by molar-refractivity contribution is -0.496. The maximum absolute atomic E-state index is 10.5. The van der Waals surface area contributed by atoms with Gasteiger partial charge in [0.1, 0.15) is 0 Å². The highest BCUT2D eigenvalue weighted by Gasteiger charge is 2.08. The maximum Gasteiger partial charge on any atom is 0.229 e. The van der Waals surface area contributed by atoms with Crippen molar-refractivity contribution >= 4 is 10.9 Å². The predicted octanol–water partition coefficient (Wildman–Crippen LogP) is 2.32. The smallest absolute Gasteiger partial charge is 0.229 e. The van der Waals surface area contributed by atoms with E-state index >= 15 is 0 Å². The lowest BCUT2D eigenvalue weighted by atomic mass is 10.1. The zero-order chi connectivity index (χ0) is 10.8. The SMILES string of the molecule is Cc1cc(C[N+](=O)[O-])c2ccccc2n1. The summed E-state index contributed by atoms with van der Waals surface area (Å²) in [6.07, 6.45) is 0. The molecule has 2 aromatic rings. The van der Waals surface area contributed by atoms with Gasteiger partial charge in [0.15, 0.2) is 0 Å². The third-order valence-corrected chi connectivity index (χ3v) is 2.23. The quantitative estimate of drug-likeness (QED) is 0.554. The molecule has 0 fully saturated rings. The van der Waals surface area contributed by atoms with Gasteiger partial charge in [-0.15, -0.1) is 0 Å². The Bertz CT molecular complexity index is 523. The van der Waals surface area contributed by atoms with Gasteiger partial charge in [-0.2, -0.15) is 0 Å². The monoisotopic (exact) mass is 202 g/mol. The summed E-state index contributed by atoms with van der Waals surface area (Å²) >= 11 is 0. The zero-order valence-electron chi connectivity index (χ0n) is 8.30. The Hall–Kier alpha value is -1.97. The molecule has 4 heteroatoms. The minimum absolute atomic E-state index is 0.149. The summed E-state index contributed by atoms with van der Waals surface area (Å²) in [5.74, 6) is 0. The molecule has 0 aliphatic heterocycles. The van der Waals surface area contributed by atoms with Crippen LogP contribution in [-0.2, 0) is 6.54 Å². The molecule has 1 aromatic heterocycles. The molecule has 0 saturated carbocycles. The van der Waals surface area contributed by atoms with E-state index < -0.39 is 0 Å². The highest BCUT2D eigenvalue weighted by Crippen LogP contribution is 2.18. The van der Waals surface area contributed by atoms with Crippen LogP contribution in [0.5, 0.6) is 0 Å². The van der Waals surface area contributed by atoms with Crippen molar-refractivity contribution in [1.82, 2.24) is 4.98 Å². The standard InChI is InChI=1S/C11H10N2O2/c1-8-6-9(7-13(14)15)10-4-2-3-5-11(10)12-8/h2-6H,7H2,1H3. The molecule has 0 unspecified atom stereocenters. The average molecular weight is 202 g/mol. The predicted molar refractivity (Wildman–Crippen MR) is 57.2 cm³/mol. The lowest BCUT2D eigenvalue weighted by Crippen LogP contribution is -2.00. The van der Waals surface area contributed by atoms with E-state index in [1.165, 1.54) is 0 Å². The van der Waals surface area contributed by atoms with E-state index in [1.54, 1.807) is 6.07 Å². The molecular formula is C11H10N2O2. The van der Waals surface area contributed by atoms with Crippen LogP contribution in [-0.4, -0.2) is 9.91 Å². The van der Waals surface area contributed by atoms with E-state index in [2.05, 4.69) is 4.98 Å². The van der Waals surface area contributed by atoms with E-state index in [-0.39, 0.29) is 11.5 Å². The van der Waals surface area contributed by atoms with Crippen LogP contribution in [0.15, 0.2) is 30.3 Å². The Balaban J connectivity index is 2.65. The van der Waals surface area contributed by atoms with Crippen LogP contribution in [0.1, 0.15) is 11.3 Å². The number of para-hydroxylation sites is 1. The summed E-state index contributed by atoms with van der Waals surface area (Å²) in [4.78, 5) is 14.5. The van der Waals surface area contributed by atoms with Crippen LogP contribution >= 0.6 is 0 Å². The molecule has 0 N–H and O–H groups in total. The fraction of sp³-hybridized carbons (Fsp3) is 0.182. The van der Waals surface area contributed by atoms with Crippen LogP contribution in [0.25, 0.3) is 10.9 Å². The summed E-state index contributed by atoms with van der Waals surface area (Å²) in [5.41, 5.74) is 2.35. The van der Waals surface area contributed by atoms with Gasteiger partial charge in [0.2, 0.25) is 6.54 Å². The van der Waals surface area contributed by atoms with Gasteiger partial charge in [-0.05, 0) is 19.1 Å². The van der Waals surface area contributed by atoms with Gasteiger partial charge in [0.05, 0.1) is 5.52 Å². The molecule has 15 heavy (non-hydrogen) atoms. The van der Waals surface area contributed by atoms with E-state index in [1.807, 2.05) is 31.2 Å². The third-order valence-electron chi connectivity index (χ3n) is 2.23.